The Balaban J connectivity index is 2.90. The fourth-order valence-electron chi connectivity index (χ4n) is 2.47. The van der Waals surface area contributed by atoms with E-state index < -0.39 is 0 Å². The minimum atomic E-state index is -0.370. The molecular formula is C15H25FN2O2. The monoisotopic (exact) mass is 284 g/mol. The van der Waals surface area contributed by atoms with Gasteiger partial charge in [0.2, 0.25) is 0 Å². The van der Waals surface area contributed by atoms with Crippen LogP contribution < -0.4 is 16.0 Å². The Morgan fingerprint density at radius 1 is 1.30 bits per heavy atom. The van der Waals surface area contributed by atoms with Crippen LogP contribution in [0.1, 0.15) is 26.3 Å². The maximum atomic E-state index is 13.7. The molecule has 4 nitrogen and oxygen atoms in total. The molecule has 0 heterocycles. The highest BCUT2D eigenvalue weighted by atomic mass is 19.1. The smallest absolute Gasteiger partial charge is 0.165 e. The van der Waals surface area contributed by atoms with E-state index in [1.54, 1.807) is 13.2 Å². The first-order valence-electron chi connectivity index (χ1n) is 6.64. The van der Waals surface area contributed by atoms with Crippen LogP contribution in [0.2, 0.25) is 0 Å². The van der Waals surface area contributed by atoms with E-state index in [4.69, 9.17) is 15.3 Å². The third kappa shape index (κ3) is 4.16. The Morgan fingerprint density at radius 3 is 2.35 bits per heavy atom. The molecule has 20 heavy (non-hydrogen) atoms. The second-order valence-electron chi connectivity index (χ2n) is 5.97. The highest BCUT2D eigenvalue weighted by molar-refractivity contribution is 5.29. The fourth-order valence-corrected chi connectivity index (χ4v) is 2.47. The van der Waals surface area contributed by atoms with Crippen molar-refractivity contribution in [3.63, 3.8) is 0 Å². The molecule has 114 valence electrons. The average molecular weight is 284 g/mol. The van der Waals surface area contributed by atoms with Crippen LogP contribution in [-0.4, -0.2) is 26.4 Å². The normalized spacial score (nSPS) is 14.9. The molecule has 5 heteroatoms. The van der Waals surface area contributed by atoms with Gasteiger partial charge in [-0.05, 0) is 29.5 Å². The predicted molar refractivity (Wildman–Crippen MR) is 78.0 cm³/mol. The van der Waals surface area contributed by atoms with Gasteiger partial charge in [0, 0.05) is 7.11 Å². The SMILES string of the molecule is COc1ccc(CC(NN)C(OC)C(C)(C)C)cc1F. The van der Waals surface area contributed by atoms with Crippen molar-refractivity contribution < 1.29 is 13.9 Å². The Morgan fingerprint density at radius 2 is 1.95 bits per heavy atom. The van der Waals surface area contributed by atoms with Gasteiger partial charge in [-0.15, -0.1) is 0 Å². The molecule has 1 rings (SSSR count). The number of benzene rings is 1. The molecule has 0 radical (unpaired) electrons. The van der Waals surface area contributed by atoms with Crippen molar-refractivity contribution in [3.05, 3.63) is 29.6 Å². The molecule has 0 saturated heterocycles. The quantitative estimate of drug-likeness (QED) is 0.621. The molecule has 0 bridgehead atoms. The second-order valence-corrected chi connectivity index (χ2v) is 5.97. The lowest BCUT2D eigenvalue weighted by molar-refractivity contribution is -0.0110. The Bertz CT molecular complexity index is 432. The summed E-state index contributed by atoms with van der Waals surface area (Å²) in [6, 6.07) is 4.82. The first kappa shape index (κ1) is 16.9. The lowest BCUT2D eigenvalue weighted by atomic mass is 9.82. The van der Waals surface area contributed by atoms with Crippen molar-refractivity contribution in [1.82, 2.24) is 5.43 Å². The molecule has 0 fully saturated rings. The Labute approximate surface area is 120 Å². The van der Waals surface area contributed by atoms with E-state index >= 15 is 0 Å². The van der Waals surface area contributed by atoms with E-state index in [2.05, 4.69) is 26.2 Å². The van der Waals surface area contributed by atoms with Gasteiger partial charge in [0.05, 0.1) is 19.3 Å². The number of ether oxygens (including phenoxy) is 2. The number of nitrogens with one attached hydrogen (secondary N) is 1. The van der Waals surface area contributed by atoms with Crippen LogP contribution in [0.15, 0.2) is 18.2 Å². The number of hydrazine groups is 1. The van der Waals surface area contributed by atoms with E-state index in [0.29, 0.717) is 6.42 Å². The number of rotatable bonds is 6. The van der Waals surface area contributed by atoms with Crippen molar-refractivity contribution in [2.24, 2.45) is 11.3 Å². The molecule has 0 aliphatic rings. The zero-order valence-electron chi connectivity index (χ0n) is 12.9. The fraction of sp³-hybridized carbons (Fsp3) is 0.600. The van der Waals surface area contributed by atoms with Gasteiger partial charge in [0.1, 0.15) is 0 Å². The average Bonchev–Trinajstić information content (AvgIpc) is 2.37. The molecule has 1 aromatic rings. The number of hydrogen-bond acceptors (Lipinski definition) is 4. The molecule has 0 saturated carbocycles. The first-order chi connectivity index (χ1) is 9.33. The van der Waals surface area contributed by atoms with E-state index in [9.17, 15) is 4.39 Å². The van der Waals surface area contributed by atoms with Crippen molar-refractivity contribution in [2.75, 3.05) is 14.2 Å². The summed E-state index contributed by atoms with van der Waals surface area (Å²) >= 11 is 0. The van der Waals surface area contributed by atoms with E-state index in [1.165, 1.54) is 13.2 Å². The maximum absolute atomic E-state index is 13.7. The van der Waals surface area contributed by atoms with Crippen LogP contribution in [0.3, 0.4) is 0 Å². The predicted octanol–water partition coefficient (Wildman–Crippen LogP) is 2.27. The number of nitrogens with two attached hydrogens (primary N) is 1. The van der Waals surface area contributed by atoms with Gasteiger partial charge in [0.15, 0.2) is 11.6 Å². The summed E-state index contributed by atoms with van der Waals surface area (Å²) in [5.74, 6) is 5.51. The van der Waals surface area contributed by atoms with Gasteiger partial charge < -0.3 is 9.47 Å². The third-order valence-electron chi connectivity index (χ3n) is 3.36. The van der Waals surface area contributed by atoms with Crippen molar-refractivity contribution in [2.45, 2.75) is 39.3 Å². The summed E-state index contributed by atoms with van der Waals surface area (Å²) < 4.78 is 24.2. The molecule has 3 N–H and O–H groups in total. The highest BCUT2D eigenvalue weighted by Crippen LogP contribution is 2.27. The van der Waals surface area contributed by atoms with Crippen LogP contribution in [0.4, 0.5) is 4.39 Å². The summed E-state index contributed by atoms with van der Waals surface area (Å²) in [7, 11) is 3.11. The van der Waals surface area contributed by atoms with Crippen LogP contribution in [0, 0.1) is 11.2 Å². The van der Waals surface area contributed by atoms with Crippen LogP contribution in [-0.2, 0) is 11.2 Å². The van der Waals surface area contributed by atoms with Gasteiger partial charge in [0.25, 0.3) is 0 Å². The third-order valence-corrected chi connectivity index (χ3v) is 3.36. The minimum absolute atomic E-state index is 0.0726. The van der Waals surface area contributed by atoms with Gasteiger partial charge in [-0.1, -0.05) is 26.8 Å². The maximum Gasteiger partial charge on any atom is 0.165 e. The Kier molecular flexibility index (Phi) is 5.92. The summed E-state index contributed by atoms with van der Waals surface area (Å²) in [4.78, 5) is 0. The summed E-state index contributed by atoms with van der Waals surface area (Å²) in [6.45, 7) is 6.25. The van der Waals surface area contributed by atoms with E-state index in [-0.39, 0.29) is 29.1 Å². The largest absolute Gasteiger partial charge is 0.494 e. The summed E-state index contributed by atoms with van der Waals surface area (Å²) in [6.07, 6.45) is 0.491. The standard InChI is InChI=1S/C15H25FN2O2/c1-15(2,3)14(20-5)12(18-17)9-10-6-7-13(19-4)11(16)8-10/h6-8,12,14,18H,9,17H2,1-5H3. The minimum Gasteiger partial charge on any atom is -0.494 e. The molecule has 0 amide bonds. The van der Waals surface area contributed by atoms with Crippen molar-refractivity contribution in [1.29, 1.82) is 0 Å². The van der Waals surface area contributed by atoms with Gasteiger partial charge >= 0.3 is 0 Å². The second kappa shape index (κ2) is 7.02. The molecule has 1 aromatic carbocycles. The topological polar surface area (TPSA) is 56.5 Å². The summed E-state index contributed by atoms with van der Waals surface area (Å²) in [5, 5.41) is 0. The van der Waals surface area contributed by atoms with E-state index in [1.807, 2.05) is 6.07 Å². The highest BCUT2D eigenvalue weighted by Gasteiger charge is 2.32. The van der Waals surface area contributed by atoms with E-state index in [0.717, 1.165) is 5.56 Å². The van der Waals surface area contributed by atoms with Crippen molar-refractivity contribution in [3.8, 4) is 5.75 Å². The molecule has 0 aromatic heterocycles. The summed E-state index contributed by atoms with van der Waals surface area (Å²) in [5.41, 5.74) is 3.55. The number of halogens is 1. The molecule has 0 aliphatic carbocycles. The van der Waals surface area contributed by atoms with Crippen LogP contribution in [0.25, 0.3) is 0 Å². The van der Waals surface area contributed by atoms with Gasteiger partial charge in [-0.2, -0.15) is 0 Å². The number of methoxy groups -OCH3 is 2. The Hall–Kier alpha value is -1.17. The lowest BCUT2D eigenvalue weighted by Gasteiger charge is -2.35. The molecule has 0 spiro atoms. The zero-order valence-corrected chi connectivity index (χ0v) is 12.9. The number of hydrogen-bond donors (Lipinski definition) is 2. The first-order valence-corrected chi connectivity index (χ1v) is 6.64. The lowest BCUT2D eigenvalue weighted by Crippen LogP contribution is -2.51. The molecule has 2 atom stereocenters. The van der Waals surface area contributed by atoms with Crippen LogP contribution >= 0.6 is 0 Å². The molecule has 2 unspecified atom stereocenters. The van der Waals surface area contributed by atoms with Gasteiger partial charge in [-0.25, -0.2) is 4.39 Å². The van der Waals surface area contributed by atoms with Crippen molar-refractivity contribution >= 4 is 0 Å². The molecule has 0 aliphatic heterocycles. The zero-order chi connectivity index (χ0) is 15.3. The van der Waals surface area contributed by atoms with Gasteiger partial charge in [-0.3, -0.25) is 11.3 Å². The van der Waals surface area contributed by atoms with Crippen LogP contribution in [0.5, 0.6) is 5.75 Å². The molecular weight excluding hydrogens is 259 g/mol.